The maximum absolute atomic E-state index is 4.28. The maximum atomic E-state index is 4.28. The Morgan fingerprint density at radius 2 is 2.36 bits per heavy atom. The zero-order valence-corrected chi connectivity index (χ0v) is 7.62. The minimum Gasteiger partial charge on any atom is -0.386 e. The van der Waals surface area contributed by atoms with E-state index in [2.05, 4.69) is 30.2 Å². The zero-order valence-electron chi connectivity index (χ0n) is 6.72. The molecule has 0 aromatic carbocycles. The van der Waals surface area contributed by atoms with Crippen LogP contribution in [0.1, 0.15) is 6.92 Å². The highest BCUT2D eigenvalue weighted by molar-refractivity contribution is 7.80. The van der Waals surface area contributed by atoms with Crippen molar-refractivity contribution in [3.63, 3.8) is 0 Å². The molecular weight excluding hydrogens is 156 g/mol. The molecule has 0 amide bonds. The fourth-order valence-corrected chi connectivity index (χ4v) is 1.83. The van der Waals surface area contributed by atoms with Crippen LogP contribution in [-0.2, 0) is 0 Å². The molecule has 0 unspecified atom stereocenters. The van der Waals surface area contributed by atoms with Crippen molar-refractivity contribution in [3.05, 3.63) is 11.3 Å². The summed E-state index contributed by atoms with van der Waals surface area (Å²) in [5.41, 5.74) is 2.91. The summed E-state index contributed by atoms with van der Waals surface area (Å²) in [6, 6.07) is 0.583. The molecule has 0 bridgehead atoms. The quantitative estimate of drug-likeness (QED) is 0.496. The topological polar surface area (TPSA) is 24.1 Å². The molecule has 1 aliphatic heterocycles. The van der Waals surface area contributed by atoms with Crippen LogP contribution in [0.4, 0.5) is 0 Å². The fraction of sp³-hybridized carbons (Fsp3) is 0.750. The minimum absolute atomic E-state index is 0.583. The summed E-state index contributed by atoms with van der Waals surface area (Å²) in [5, 5.41) is 6.92. The van der Waals surface area contributed by atoms with Crippen LogP contribution in [0, 0.1) is 5.92 Å². The van der Waals surface area contributed by atoms with Crippen molar-refractivity contribution in [1.82, 2.24) is 10.6 Å². The Morgan fingerprint density at radius 3 is 3.09 bits per heavy atom. The average molecular weight is 170 g/mol. The molecule has 1 aliphatic carbocycles. The van der Waals surface area contributed by atoms with Gasteiger partial charge in [0.05, 0.1) is 6.04 Å². The molecule has 2 atom stereocenters. The molecule has 0 saturated carbocycles. The molecule has 0 spiro atoms. The molecular formula is C8H14N2S. The minimum atomic E-state index is 0.583. The number of rotatable bonds is 1. The van der Waals surface area contributed by atoms with E-state index < -0.39 is 0 Å². The average Bonchev–Trinajstić information content (AvgIpc) is 2.68. The Kier molecular flexibility index (Phi) is 1.85. The summed E-state index contributed by atoms with van der Waals surface area (Å²) >= 11 is 4.28. The largest absolute Gasteiger partial charge is 0.386 e. The van der Waals surface area contributed by atoms with Crippen LogP contribution in [-0.4, -0.2) is 24.9 Å². The van der Waals surface area contributed by atoms with Gasteiger partial charge in [0.25, 0.3) is 0 Å². The first kappa shape index (κ1) is 7.50. The standard InChI is InChI=1S/C8H14N2S/c1-5-7-8(5)10-3-6(4-11)2-9-7/h6-7,9-11H,2-4H2,1H3/t6-,7-/m0/s1. The lowest BCUT2D eigenvalue weighted by molar-refractivity contribution is 0.541. The van der Waals surface area contributed by atoms with Crippen LogP contribution < -0.4 is 10.6 Å². The van der Waals surface area contributed by atoms with Gasteiger partial charge in [0.15, 0.2) is 0 Å². The normalized spacial score (nSPS) is 35.8. The van der Waals surface area contributed by atoms with Crippen LogP contribution in [0.5, 0.6) is 0 Å². The lowest BCUT2D eigenvalue weighted by Crippen LogP contribution is -2.28. The molecule has 11 heavy (non-hydrogen) atoms. The first-order chi connectivity index (χ1) is 5.33. The van der Waals surface area contributed by atoms with Gasteiger partial charge in [0.1, 0.15) is 0 Å². The van der Waals surface area contributed by atoms with Crippen LogP contribution in [0.25, 0.3) is 0 Å². The third-order valence-electron chi connectivity index (χ3n) is 2.51. The summed E-state index contributed by atoms with van der Waals surface area (Å²) in [7, 11) is 0. The molecule has 1 saturated heterocycles. The molecule has 1 fully saturated rings. The molecule has 2 aliphatic rings. The molecule has 2 rings (SSSR count). The van der Waals surface area contributed by atoms with E-state index in [1.54, 1.807) is 0 Å². The highest BCUT2D eigenvalue weighted by Gasteiger charge is 2.35. The Hall–Kier alpha value is -0.150. The van der Waals surface area contributed by atoms with E-state index in [9.17, 15) is 0 Å². The molecule has 62 valence electrons. The van der Waals surface area contributed by atoms with Gasteiger partial charge in [-0.25, -0.2) is 0 Å². The van der Waals surface area contributed by atoms with Crippen LogP contribution in [0.15, 0.2) is 11.3 Å². The van der Waals surface area contributed by atoms with Crippen molar-refractivity contribution in [3.8, 4) is 0 Å². The molecule has 1 heterocycles. The fourth-order valence-electron chi connectivity index (χ4n) is 1.57. The first-order valence-electron chi connectivity index (χ1n) is 4.11. The van der Waals surface area contributed by atoms with Crippen LogP contribution >= 0.6 is 12.6 Å². The lowest BCUT2D eigenvalue weighted by atomic mass is 10.2. The molecule has 2 nitrogen and oxygen atoms in total. The van der Waals surface area contributed by atoms with Crippen LogP contribution in [0.2, 0.25) is 0 Å². The Bertz CT molecular complexity index is 200. The van der Waals surface area contributed by atoms with E-state index in [0.717, 1.165) is 18.8 Å². The Balaban J connectivity index is 1.93. The molecule has 2 N–H and O–H groups in total. The predicted molar refractivity (Wildman–Crippen MR) is 49.8 cm³/mol. The monoisotopic (exact) mass is 170 g/mol. The molecule has 0 radical (unpaired) electrons. The Morgan fingerprint density at radius 1 is 1.55 bits per heavy atom. The summed E-state index contributed by atoms with van der Waals surface area (Å²) in [6.07, 6.45) is 0. The number of thiol groups is 1. The number of hydrogen-bond acceptors (Lipinski definition) is 3. The molecule has 3 heteroatoms. The van der Waals surface area contributed by atoms with Gasteiger partial charge in [0, 0.05) is 18.8 Å². The third kappa shape index (κ3) is 1.27. The summed E-state index contributed by atoms with van der Waals surface area (Å²) in [4.78, 5) is 0. The molecule has 0 aromatic heterocycles. The second-order valence-corrected chi connectivity index (χ2v) is 3.73. The smallest absolute Gasteiger partial charge is 0.0703 e. The summed E-state index contributed by atoms with van der Waals surface area (Å²) < 4.78 is 0. The van der Waals surface area contributed by atoms with Gasteiger partial charge in [-0.1, -0.05) is 0 Å². The van der Waals surface area contributed by atoms with Gasteiger partial charge >= 0.3 is 0 Å². The van der Waals surface area contributed by atoms with Crippen molar-refractivity contribution < 1.29 is 0 Å². The number of nitrogens with one attached hydrogen (secondary N) is 2. The SMILES string of the molecule is CC1=C2NC[C@@H](CS)CN[C@@H]12. The van der Waals surface area contributed by atoms with Crippen molar-refractivity contribution >= 4 is 12.6 Å². The van der Waals surface area contributed by atoms with Crippen molar-refractivity contribution in [2.75, 3.05) is 18.8 Å². The summed E-state index contributed by atoms with van der Waals surface area (Å²) in [5.74, 6) is 1.66. The van der Waals surface area contributed by atoms with Crippen molar-refractivity contribution in [2.24, 2.45) is 5.92 Å². The Labute approximate surface area is 72.8 Å². The highest BCUT2D eigenvalue weighted by atomic mass is 32.1. The second kappa shape index (κ2) is 2.72. The maximum Gasteiger partial charge on any atom is 0.0703 e. The van der Waals surface area contributed by atoms with Gasteiger partial charge < -0.3 is 10.6 Å². The van der Waals surface area contributed by atoms with Crippen molar-refractivity contribution in [2.45, 2.75) is 13.0 Å². The number of fused-ring (bicyclic) bond motifs is 1. The van der Waals surface area contributed by atoms with Crippen LogP contribution in [0.3, 0.4) is 0 Å². The van der Waals surface area contributed by atoms with E-state index in [0.29, 0.717) is 12.0 Å². The number of hydrogen-bond donors (Lipinski definition) is 3. The van der Waals surface area contributed by atoms with E-state index in [4.69, 9.17) is 0 Å². The van der Waals surface area contributed by atoms with E-state index in [1.165, 1.54) is 11.3 Å². The van der Waals surface area contributed by atoms with Crippen molar-refractivity contribution in [1.29, 1.82) is 0 Å². The predicted octanol–water partition coefficient (Wildman–Crippen LogP) is 0.381. The van der Waals surface area contributed by atoms with E-state index in [1.807, 2.05) is 0 Å². The first-order valence-corrected chi connectivity index (χ1v) is 4.75. The van der Waals surface area contributed by atoms with Gasteiger partial charge in [0.2, 0.25) is 0 Å². The van der Waals surface area contributed by atoms with Gasteiger partial charge in [-0.05, 0) is 24.2 Å². The van der Waals surface area contributed by atoms with Gasteiger partial charge in [-0.2, -0.15) is 12.6 Å². The third-order valence-corrected chi connectivity index (χ3v) is 3.03. The van der Waals surface area contributed by atoms with E-state index >= 15 is 0 Å². The lowest BCUT2D eigenvalue weighted by Gasteiger charge is -2.11. The van der Waals surface area contributed by atoms with E-state index in [-0.39, 0.29) is 0 Å². The molecule has 0 aromatic rings. The summed E-state index contributed by atoms with van der Waals surface area (Å²) in [6.45, 7) is 4.36. The zero-order chi connectivity index (χ0) is 7.84. The van der Waals surface area contributed by atoms with Gasteiger partial charge in [-0.3, -0.25) is 0 Å². The van der Waals surface area contributed by atoms with Gasteiger partial charge in [-0.15, -0.1) is 0 Å². The second-order valence-electron chi connectivity index (χ2n) is 3.37. The highest BCUT2D eigenvalue weighted by Crippen LogP contribution is 2.29.